The van der Waals surface area contributed by atoms with Crippen LogP contribution in [0.2, 0.25) is 5.02 Å². The molecule has 0 aliphatic carbocycles. The molecule has 0 aliphatic rings. The number of benzene rings is 2. The normalized spacial score (nSPS) is 10.0. The lowest BCUT2D eigenvalue weighted by Crippen LogP contribution is -2.00. The molecule has 96 valence electrons. The van der Waals surface area contributed by atoms with E-state index in [-0.39, 0.29) is 30.6 Å². The summed E-state index contributed by atoms with van der Waals surface area (Å²) in [6.07, 6.45) is 0. The molecule has 0 bridgehead atoms. The summed E-state index contributed by atoms with van der Waals surface area (Å²) in [6, 6.07) is 8.50. The Morgan fingerprint density at radius 3 is 2.44 bits per heavy atom. The largest absolute Gasteiger partial charge is 0.326 e. The number of rotatable bonds is 2. The zero-order valence-corrected chi connectivity index (χ0v) is 10.9. The van der Waals surface area contributed by atoms with Crippen LogP contribution in [0.1, 0.15) is 5.56 Å². The summed E-state index contributed by atoms with van der Waals surface area (Å²) in [5, 5.41) is 0.418. The van der Waals surface area contributed by atoms with Crippen LogP contribution in [0.4, 0.5) is 8.78 Å². The van der Waals surface area contributed by atoms with Crippen molar-refractivity contribution in [2.45, 2.75) is 6.54 Å². The van der Waals surface area contributed by atoms with Gasteiger partial charge in [0.1, 0.15) is 11.6 Å². The van der Waals surface area contributed by atoms with Gasteiger partial charge in [-0.2, -0.15) is 0 Å². The van der Waals surface area contributed by atoms with Crippen LogP contribution in [0.25, 0.3) is 11.1 Å². The molecule has 0 aliphatic heterocycles. The van der Waals surface area contributed by atoms with Crippen LogP contribution in [0.5, 0.6) is 0 Å². The lowest BCUT2D eigenvalue weighted by Gasteiger charge is -2.07. The third-order valence-corrected chi connectivity index (χ3v) is 2.83. The first kappa shape index (κ1) is 14.9. The molecule has 0 unspecified atom stereocenters. The Labute approximate surface area is 115 Å². The minimum absolute atomic E-state index is 0. The van der Waals surface area contributed by atoms with Crippen molar-refractivity contribution in [2.24, 2.45) is 5.73 Å². The maximum absolute atomic E-state index is 13.3. The van der Waals surface area contributed by atoms with Crippen LogP contribution < -0.4 is 5.73 Å². The molecule has 0 fully saturated rings. The Morgan fingerprint density at radius 1 is 1.06 bits per heavy atom. The van der Waals surface area contributed by atoms with Crippen molar-refractivity contribution in [1.82, 2.24) is 0 Å². The highest BCUT2D eigenvalue weighted by atomic mass is 35.5. The zero-order valence-electron chi connectivity index (χ0n) is 9.29. The van der Waals surface area contributed by atoms with Gasteiger partial charge in [-0.1, -0.05) is 17.7 Å². The predicted octanol–water partition coefficient (Wildman–Crippen LogP) is 4.17. The van der Waals surface area contributed by atoms with Crippen molar-refractivity contribution in [2.75, 3.05) is 0 Å². The average Bonchev–Trinajstić information content (AvgIpc) is 2.33. The molecule has 0 heterocycles. The van der Waals surface area contributed by atoms with Gasteiger partial charge in [0.15, 0.2) is 0 Å². The molecule has 2 aromatic carbocycles. The first-order valence-corrected chi connectivity index (χ1v) is 5.43. The van der Waals surface area contributed by atoms with Crippen molar-refractivity contribution >= 4 is 24.0 Å². The number of halogens is 4. The van der Waals surface area contributed by atoms with E-state index in [4.69, 9.17) is 17.3 Å². The fraction of sp³-hybridized carbons (Fsp3) is 0.0769. The highest BCUT2D eigenvalue weighted by Crippen LogP contribution is 2.29. The van der Waals surface area contributed by atoms with Crippen LogP contribution >= 0.6 is 24.0 Å². The Hall–Kier alpha value is -1.16. The first-order valence-electron chi connectivity index (χ1n) is 5.05. The monoisotopic (exact) mass is 289 g/mol. The standard InChI is InChI=1S/C13H10ClF2N.ClH/c14-12-3-2-10(15)6-11(12)8-1-4-13(16)9(5-8)7-17;/h1-6H,7,17H2;1H. The number of hydrogen-bond donors (Lipinski definition) is 1. The maximum atomic E-state index is 13.3. The number of hydrogen-bond acceptors (Lipinski definition) is 1. The smallest absolute Gasteiger partial charge is 0.127 e. The highest BCUT2D eigenvalue weighted by molar-refractivity contribution is 6.33. The molecule has 5 heteroatoms. The second-order valence-corrected chi connectivity index (χ2v) is 4.04. The van der Waals surface area contributed by atoms with Crippen LogP contribution in [0.15, 0.2) is 36.4 Å². The van der Waals surface area contributed by atoms with Crippen molar-refractivity contribution < 1.29 is 8.78 Å². The fourth-order valence-corrected chi connectivity index (χ4v) is 1.84. The predicted molar refractivity (Wildman–Crippen MR) is 71.9 cm³/mol. The molecule has 18 heavy (non-hydrogen) atoms. The van der Waals surface area contributed by atoms with E-state index in [1.54, 1.807) is 12.1 Å². The maximum Gasteiger partial charge on any atom is 0.127 e. The first-order chi connectivity index (χ1) is 8.11. The average molecular weight is 290 g/mol. The van der Waals surface area contributed by atoms with E-state index in [1.165, 1.54) is 24.3 Å². The third-order valence-electron chi connectivity index (χ3n) is 2.51. The van der Waals surface area contributed by atoms with Gasteiger partial charge in [-0.15, -0.1) is 12.4 Å². The van der Waals surface area contributed by atoms with Crippen LogP contribution in [0, 0.1) is 11.6 Å². The summed E-state index contributed by atoms with van der Waals surface area (Å²) in [5.41, 5.74) is 6.97. The van der Waals surface area contributed by atoms with Gasteiger partial charge >= 0.3 is 0 Å². The molecule has 0 radical (unpaired) electrons. The Bertz CT molecular complexity index is 559. The van der Waals surface area contributed by atoms with Crippen molar-refractivity contribution in [3.05, 3.63) is 58.6 Å². The van der Waals surface area contributed by atoms with E-state index >= 15 is 0 Å². The molecule has 0 atom stereocenters. The SMILES string of the molecule is Cl.NCc1cc(-c2cc(F)ccc2Cl)ccc1F. The number of nitrogens with two attached hydrogens (primary N) is 1. The summed E-state index contributed by atoms with van der Waals surface area (Å²) >= 11 is 5.97. The Kier molecular flexibility index (Phi) is 5.08. The van der Waals surface area contributed by atoms with Crippen molar-refractivity contribution in [3.8, 4) is 11.1 Å². The van der Waals surface area contributed by atoms with Gasteiger partial charge in [0.25, 0.3) is 0 Å². The summed E-state index contributed by atoms with van der Waals surface area (Å²) in [7, 11) is 0. The Balaban J connectivity index is 0.00000162. The molecule has 1 nitrogen and oxygen atoms in total. The van der Waals surface area contributed by atoms with Crippen LogP contribution in [0.3, 0.4) is 0 Å². The van der Waals surface area contributed by atoms with E-state index in [0.717, 1.165) is 0 Å². The van der Waals surface area contributed by atoms with Crippen molar-refractivity contribution in [1.29, 1.82) is 0 Å². The third kappa shape index (κ3) is 2.99. The van der Waals surface area contributed by atoms with Crippen molar-refractivity contribution in [3.63, 3.8) is 0 Å². The Morgan fingerprint density at radius 2 is 1.78 bits per heavy atom. The molecule has 2 aromatic rings. The lowest BCUT2D eigenvalue weighted by atomic mass is 10.0. The molecule has 0 amide bonds. The summed E-state index contributed by atoms with van der Waals surface area (Å²) in [6.45, 7) is 0.0899. The van der Waals surface area contributed by atoms with Gasteiger partial charge < -0.3 is 5.73 Å². The van der Waals surface area contributed by atoms with Crippen LogP contribution in [-0.2, 0) is 6.54 Å². The molecule has 0 saturated heterocycles. The highest BCUT2D eigenvalue weighted by Gasteiger charge is 2.08. The quantitative estimate of drug-likeness (QED) is 0.882. The zero-order chi connectivity index (χ0) is 12.4. The molecular weight excluding hydrogens is 279 g/mol. The van der Waals surface area contributed by atoms with Gasteiger partial charge in [-0.3, -0.25) is 0 Å². The van der Waals surface area contributed by atoms with E-state index in [1.807, 2.05) is 0 Å². The minimum atomic E-state index is -0.386. The molecule has 0 spiro atoms. The summed E-state index contributed by atoms with van der Waals surface area (Å²) in [4.78, 5) is 0. The van der Waals surface area contributed by atoms with Gasteiger partial charge in [0.2, 0.25) is 0 Å². The van der Waals surface area contributed by atoms with E-state index < -0.39 is 0 Å². The second kappa shape index (κ2) is 6.14. The van der Waals surface area contributed by atoms with E-state index in [9.17, 15) is 8.78 Å². The van der Waals surface area contributed by atoms with Gasteiger partial charge in [-0.05, 0) is 35.9 Å². The molecule has 2 N–H and O–H groups in total. The van der Waals surface area contributed by atoms with E-state index in [2.05, 4.69) is 0 Å². The second-order valence-electron chi connectivity index (χ2n) is 3.63. The van der Waals surface area contributed by atoms with Gasteiger partial charge in [0.05, 0.1) is 0 Å². The molecule has 0 aromatic heterocycles. The molecular formula is C13H11Cl2F2N. The fourth-order valence-electron chi connectivity index (χ4n) is 1.62. The van der Waals surface area contributed by atoms with Gasteiger partial charge in [0, 0.05) is 22.7 Å². The molecule has 2 rings (SSSR count). The minimum Gasteiger partial charge on any atom is -0.326 e. The lowest BCUT2D eigenvalue weighted by molar-refractivity contribution is 0.611. The molecule has 0 saturated carbocycles. The van der Waals surface area contributed by atoms with Crippen LogP contribution in [-0.4, -0.2) is 0 Å². The van der Waals surface area contributed by atoms with E-state index in [0.29, 0.717) is 21.7 Å². The topological polar surface area (TPSA) is 26.0 Å². The summed E-state index contributed by atoms with van der Waals surface area (Å²) < 4.78 is 26.4. The van der Waals surface area contributed by atoms with Gasteiger partial charge in [-0.25, -0.2) is 8.78 Å². The summed E-state index contributed by atoms with van der Waals surface area (Å²) in [5.74, 6) is -0.758.